The smallest absolute Gasteiger partial charge is 0.341 e. The van der Waals surface area contributed by atoms with Crippen molar-refractivity contribution in [1.29, 1.82) is 0 Å². The normalized spacial score (nSPS) is 11.6. The van der Waals surface area contributed by atoms with Gasteiger partial charge in [-0.15, -0.1) is 0 Å². The molecular formula is C33H27ClN2O7S. The highest BCUT2D eigenvalue weighted by Crippen LogP contribution is 2.28. The number of hydrogen-bond donors (Lipinski definition) is 2. The highest BCUT2D eigenvalue weighted by atomic mass is 35.5. The number of carboxylic acids is 1. The van der Waals surface area contributed by atoms with Crippen molar-refractivity contribution < 1.29 is 32.3 Å². The molecule has 0 spiro atoms. The van der Waals surface area contributed by atoms with Crippen molar-refractivity contribution in [1.82, 2.24) is 4.98 Å². The lowest BCUT2D eigenvalue weighted by atomic mass is 10.1. The Balaban J connectivity index is 1.25. The monoisotopic (exact) mass is 630 g/mol. The number of carboxylic acid groups (broad SMARTS) is 1. The molecule has 224 valence electrons. The van der Waals surface area contributed by atoms with Gasteiger partial charge >= 0.3 is 5.97 Å². The number of aromatic nitrogens is 1. The maximum atomic E-state index is 13.1. The van der Waals surface area contributed by atoms with Crippen LogP contribution >= 0.6 is 11.6 Å². The maximum Gasteiger partial charge on any atom is 0.341 e. The molecule has 5 rings (SSSR count). The Morgan fingerprint density at radius 1 is 0.955 bits per heavy atom. The number of nitrogens with zero attached hydrogens (tertiary/aromatic N) is 1. The van der Waals surface area contributed by atoms with Crippen LogP contribution in [-0.2, 0) is 21.1 Å². The van der Waals surface area contributed by atoms with Gasteiger partial charge in [-0.3, -0.25) is 4.79 Å². The number of halogens is 1. The summed E-state index contributed by atoms with van der Waals surface area (Å²) in [6, 6.07) is 25.3. The molecule has 44 heavy (non-hydrogen) atoms. The number of fused-ring (bicyclic) bond motifs is 1. The van der Waals surface area contributed by atoms with Crippen LogP contribution in [0.2, 0.25) is 5.02 Å². The van der Waals surface area contributed by atoms with Gasteiger partial charge < -0.3 is 19.6 Å². The summed E-state index contributed by atoms with van der Waals surface area (Å²) in [5.74, 6) is -1.04. The highest BCUT2D eigenvalue weighted by molar-refractivity contribution is 7.91. The van der Waals surface area contributed by atoms with Gasteiger partial charge in [0.1, 0.15) is 11.3 Å². The number of carbonyl (C=O) groups is 2. The first-order valence-electron chi connectivity index (χ1n) is 13.6. The van der Waals surface area contributed by atoms with E-state index in [1.165, 1.54) is 24.3 Å². The number of hydrogen-bond acceptors (Lipinski definition) is 7. The zero-order valence-electron chi connectivity index (χ0n) is 23.3. The van der Waals surface area contributed by atoms with E-state index in [-0.39, 0.29) is 22.1 Å². The van der Waals surface area contributed by atoms with Gasteiger partial charge in [-0.2, -0.15) is 0 Å². The molecule has 0 saturated heterocycles. The van der Waals surface area contributed by atoms with Crippen LogP contribution in [-0.4, -0.2) is 42.7 Å². The van der Waals surface area contributed by atoms with Gasteiger partial charge in [-0.1, -0.05) is 41.9 Å². The molecule has 4 aromatic carbocycles. The lowest BCUT2D eigenvalue weighted by molar-refractivity contribution is -0.139. The van der Waals surface area contributed by atoms with E-state index in [4.69, 9.17) is 25.9 Å². The van der Waals surface area contributed by atoms with Gasteiger partial charge in [-0.05, 0) is 90.7 Å². The number of anilines is 1. The molecule has 1 aromatic heterocycles. The summed E-state index contributed by atoms with van der Waals surface area (Å²) in [6.45, 7) is -0.595. The van der Waals surface area contributed by atoms with Gasteiger partial charge in [-0.25, -0.2) is 18.2 Å². The average molecular weight is 631 g/mol. The number of benzene rings is 4. The van der Waals surface area contributed by atoms with E-state index in [1.807, 2.05) is 30.3 Å². The first kappa shape index (κ1) is 30.5. The number of rotatable bonds is 12. The second-order valence-electron chi connectivity index (χ2n) is 9.82. The van der Waals surface area contributed by atoms with Crippen molar-refractivity contribution in [2.75, 3.05) is 17.7 Å². The topological polar surface area (TPSA) is 136 Å². The van der Waals surface area contributed by atoms with E-state index in [9.17, 15) is 18.0 Å². The third-order valence-electron chi connectivity index (χ3n) is 6.60. The number of nitrogens with one attached hydrogen (secondary N) is 1. The largest absolute Gasteiger partial charge is 0.480 e. The summed E-state index contributed by atoms with van der Waals surface area (Å²) < 4.78 is 36.5. The molecule has 0 saturated carbocycles. The number of amides is 1. The molecule has 0 atom stereocenters. The van der Waals surface area contributed by atoms with Crippen molar-refractivity contribution in [3.63, 3.8) is 0 Å². The third-order valence-corrected chi connectivity index (χ3v) is 8.66. The predicted molar refractivity (Wildman–Crippen MR) is 169 cm³/mol. The zero-order valence-corrected chi connectivity index (χ0v) is 24.8. The Bertz CT molecular complexity index is 1900. The number of oxazole rings is 1. The average Bonchev–Trinajstić information content (AvgIpc) is 3.43. The molecule has 5 aromatic rings. The Labute approximate surface area is 258 Å². The molecular weight excluding hydrogens is 604 g/mol. The fourth-order valence-corrected chi connectivity index (χ4v) is 5.83. The van der Waals surface area contributed by atoms with E-state index in [2.05, 4.69) is 10.3 Å². The fourth-order valence-electron chi connectivity index (χ4n) is 4.39. The van der Waals surface area contributed by atoms with E-state index in [1.54, 1.807) is 48.5 Å². The molecule has 0 aliphatic rings. The Kier molecular flexibility index (Phi) is 9.42. The molecule has 1 heterocycles. The number of ether oxygens (including phenoxy) is 1. The lowest BCUT2D eigenvalue weighted by Crippen LogP contribution is -2.15. The SMILES string of the molecule is O=C(O)COc1ccc(CCCS(=O)(=O)c2ccc(Cl)cc2)cc1NC(=O)c1ccc(/C=C/c2nc3ccccc3o2)cc1. The van der Waals surface area contributed by atoms with Crippen LogP contribution in [0.25, 0.3) is 23.3 Å². The first-order valence-corrected chi connectivity index (χ1v) is 15.6. The van der Waals surface area contributed by atoms with Crippen LogP contribution in [0.3, 0.4) is 0 Å². The van der Waals surface area contributed by atoms with E-state index in [0.29, 0.717) is 34.9 Å². The summed E-state index contributed by atoms with van der Waals surface area (Å²) in [5.41, 5.74) is 3.66. The highest BCUT2D eigenvalue weighted by Gasteiger charge is 2.16. The van der Waals surface area contributed by atoms with Crippen molar-refractivity contribution in [2.24, 2.45) is 0 Å². The summed E-state index contributed by atoms with van der Waals surface area (Å²) >= 11 is 5.87. The van der Waals surface area contributed by atoms with Gasteiger partial charge in [0.25, 0.3) is 5.91 Å². The number of sulfone groups is 1. The number of para-hydroxylation sites is 2. The molecule has 9 nitrogen and oxygen atoms in total. The van der Waals surface area contributed by atoms with Crippen molar-refractivity contribution in [3.8, 4) is 5.75 Å². The Morgan fingerprint density at radius 3 is 2.43 bits per heavy atom. The van der Waals surface area contributed by atoms with Crippen molar-refractivity contribution >= 4 is 62.3 Å². The molecule has 0 bridgehead atoms. The molecule has 2 N–H and O–H groups in total. The minimum atomic E-state index is -3.50. The summed E-state index contributed by atoms with van der Waals surface area (Å²) in [4.78, 5) is 28.8. The third kappa shape index (κ3) is 7.91. The van der Waals surface area contributed by atoms with Crippen LogP contribution in [0.1, 0.15) is 33.8 Å². The van der Waals surface area contributed by atoms with Crippen LogP contribution in [0.5, 0.6) is 5.75 Å². The first-order chi connectivity index (χ1) is 21.2. The Hall–Kier alpha value is -4.93. The van der Waals surface area contributed by atoms with Gasteiger partial charge in [0.15, 0.2) is 22.0 Å². The van der Waals surface area contributed by atoms with E-state index < -0.39 is 28.3 Å². The molecule has 0 aliphatic heterocycles. The summed E-state index contributed by atoms with van der Waals surface area (Å²) in [6.07, 6.45) is 4.29. The molecule has 1 amide bonds. The second-order valence-corrected chi connectivity index (χ2v) is 12.4. The molecule has 0 unspecified atom stereocenters. The van der Waals surface area contributed by atoms with E-state index >= 15 is 0 Å². The standard InChI is InChI=1S/C33H27ClN2O7S/c34-25-13-15-26(16-14-25)44(40,41)19-3-4-23-9-17-29(42-21-32(37)38)28(20-23)36-33(39)24-11-7-22(8-12-24)10-18-31-35-27-5-1-2-6-30(27)43-31/h1-2,5-18,20H,3-4,19,21H2,(H,36,39)(H,37,38)/b18-10+. The predicted octanol–water partition coefficient (Wildman–Crippen LogP) is 6.77. The summed E-state index contributed by atoms with van der Waals surface area (Å²) in [7, 11) is -3.50. The minimum absolute atomic E-state index is 0.0825. The molecule has 11 heteroatoms. The minimum Gasteiger partial charge on any atom is -0.480 e. The van der Waals surface area contributed by atoms with Crippen LogP contribution in [0.4, 0.5) is 5.69 Å². The zero-order chi connectivity index (χ0) is 31.1. The summed E-state index contributed by atoms with van der Waals surface area (Å²) in [5, 5.41) is 12.3. The molecule has 0 aliphatic carbocycles. The molecule has 0 fully saturated rings. The second kappa shape index (κ2) is 13.6. The Morgan fingerprint density at radius 2 is 1.70 bits per heavy atom. The number of aryl methyl sites for hydroxylation is 1. The van der Waals surface area contributed by atoms with Gasteiger partial charge in [0.2, 0.25) is 5.89 Å². The van der Waals surface area contributed by atoms with Crippen molar-refractivity contribution in [2.45, 2.75) is 17.7 Å². The maximum absolute atomic E-state index is 13.1. The van der Waals surface area contributed by atoms with Gasteiger partial charge in [0.05, 0.1) is 16.3 Å². The number of aliphatic carboxylic acids is 1. The number of carbonyl (C=O) groups excluding carboxylic acids is 1. The van der Waals surface area contributed by atoms with Crippen LogP contribution in [0, 0.1) is 0 Å². The fraction of sp³-hybridized carbons (Fsp3) is 0.121. The van der Waals surface area contributed by atoms with Crippen LogP contribution < -0.4 is 10.1 Å². The van der Waals surface area contributed by atoms with E-state index in [0.717, 1.165) is 16.6 Å². The molecule has 0 radical (unpaired) electrons. The lowest BCUT2D eigenvalue weighted by Gasteiger charge is -2.14. The van der Waals surface area contributed by atoms with Crippen molar-refractivity contribution in [3.05, 3.63) is 119 Å². The van der Waals surface area contributed by atoms with Crippen LogP contribution in [0.15, 0.2) is 100 Å². The van der Waals surface area contributed by atoms with Gasteiger partial charge in [0, 0.05) is 16.7 Å². The quantitative estimate of drug-likeness (QED) is 0.154.